The Hall–Kier alpha value is -1.10. The summed E-state index contributed by atoms with van der Waals surface area (Å²) in [6, 6.07) is 8.79. The minimum atomic E-state index is -0.256. The Morgan fingerprint density at radius 2 is 2.16 bits per heavy atom. The van der Waals surface area contributed by atoms with Gasteiger partial charge in [-0.3, -0.25) is 4.79 Å². The quantitative estimate of drug-likeness (QED) is 0.648. The average Bonchev–Trinajstić information content (AvgIpc) is 2.43. The van der Waals surface area contributed by atoms with E-state index in [1.807, 2.05) is 6.07 Å². The second-order valence-corrected chi connectivity index (χ2v) is 5.32. The molecule has 1 amide bonds. The average molecular weight is 360 g/mol. The molecule has 2 rings (SSSR count). The predicted molar refractivity (Wildman–Crippen MR) is 80.9 cm³/mol. The molecule has 0 radical (unpaired) electrons. The molecule has 0 saturated heterocycles. The lowest BCUT2D eigenvalue weighted by Gasteiger charge is -2.07. The van der Waals surface area contributed by atoms with Crippen LogP contribution < -0.4 is 5.32 Å². The highest BCUT2D eigenvalue weighted by Gasteiger charge is 2.10. The molecule has 1 N–H and O–H groups in total. The van der Waals surface area contributed by atoms with E-state index in [1.165, 1.54) is 0 Å². The van der Waals surface area contributed by atoms with Crippen molar-refractivity contribution in [3.8, 4) is 0 Å². The van der Waals surface area contributed by atoms with Crippen LogP contribution in [0.15, 0.2) is 41.0 Å². The number of aromatic nitrogens is 1. The lowest BCUT2D eigenvalue weighted by Crippen LogP contribution is -2.12. The molecule has 2 aromatic rings. The van der Waals surface area contributed by atoms with E-state index in [2.05, 4.69) is 26.2 Å². The third-order valence-electron chi connectivity index (χ3n) is 2.40. The minimum Gasteiger partial charge on any atom is -0.319 e. The number of rotatable bonds is 3. The number of carbonyl (C=O) groups excluding carboxylic acids is 1. The van der Waals surface area contributed by atoms with Gasteiger partial charge in [0.1, 0.15) is 0 Å². The second-order valence-electron chi connectivity index (χ2n) is 3.78. The van der Waals surface area contributed by atoms with E-state index in [9.17, 15) is 4.79 Å². The fourth-order valence-electron chi connectivity index (χ4n) is 1.50. The van der Waals surface area contributed by atoms with Gasteiger partial charge < -0.3 is 5.32 Å². The zero-order valence-electron chi connectivity index (χ0n) is 9.66. The Kier molecular flexibility index (Phi) is 4.80. The molecule has 0 fully saturated rings. The molecule has 0 aliphatic carbocycles. The van der Waals surface area contributed by atoms with Crippen molar-refractivity contribution in [2.24, 2.45) is 0 Å². The summed E-state index contributed by atoms with van der Waals surface area (Å²) >= 11 is 14.9. The molecular weight excluding hydrogens is 351 g/mol. The van der Waals surface area contributed by atoms with Crippen molar-refractivity contribution in [1.82, 2.24) is 4.98 Å². The van der Waals surface area contributed by atoms with Crippen LogP contribution in [0.1, 0.15) is 15.9 Å². The number of nitrogens with one attached hydrogen (secondary N) is 1. The number of hydrogen-bond acceptors (Lipinski definition) is 2. The highest BCUT2D eigenvalue weighted by atomic mass is 79.9. The van der Waals surface area contributed by atoms with Gasteiger partial charge in [0.25, 0.3) is 5.91 Å². The van der Waals surface area contributed by atoms with E-state index >= 15 is 0 Å². The second kappa shape index (κ2) is 6.37. The van der Waals surface area contributed by atoms with Gasteiger partial charge >= 0.3 is 0 Å². The number of benzene rings is 1. The highest BCUT2D eigenvalue weighted by molar-refractivity contribution is 9.10. The summed E-state index contributed by atoms with van der Waals surface area (Å²) in [6.45, 7) is 0. The summed E-state index contributed by atoms with van der Waals surface area (Å²) < 4.78 is 0.738. The Balaban J connectivity index is 2.22. The van der Waals surface area contributed by atoms with Crippen molar-refractivity contribution in [2.45, 2.75) is 5.88 Å². The maximum atomic E-state index is 12.1. The molecule has 98 valence electrons. The third-order valence-corrected chi connectivity index (χ3v) is 3.44. The molecular formula is C13H9BrCl2N2O. The van der Waals surface area contributed by atoms with Crippen molar-refractivity contribution < 1.29 is 4.79 Å². The first-order valence-electron chi connectivity index (χ1n) is 5.37. The van der Waals surface area contributed by atoms with Gasteiger partial charge in [0.2, 0.25) is 0 Å². The van der Waals surface area contributed by atoms with E-state index < -0.39 is 0 Å². The Bertz CT molecular complexity index is 619. The largest absolute Gasteiger partial charge is 0.319 e. The number of hydrogen-bond donors (Lipinski definition) is 1. The van der Waals surface area contributed by atoms with Crippen LogP contribution in [0.5, 0.6) is 0 Å². The summed E-state index contributed by atoms with van der Waals surface area (Å²) in [6.07, 6.45) is 1.56. The first-order valence-corrected chi connectivity index (χ1v) is 7.08. The van der Waals surface area contributed by atoms with Gasteiger partial charge in [-0.05, 0) is 39.7 Å². The monoisotopic (exact) mass is 358 g/mol. The summed E-state index contributed by atoms with van der Waals surface area (Å²) in [5.41, 5.74) is 1.86. The topological polar surface area (TPSA) is 42.0 Å². The molecule has 1 aromatic heterocycles. The van der Waals surface area contributed by atoms with Gasteiger partial charge in [-0.2, -0.15) is 0 Å². The molecule has 0 unspecified atom stereocenters. The van der Waals surface area contributed by atoms with Gasteiger partial charge in [0.05, 0.1) is 5.69 Å². The van der Waals surface area contributed by atoms with Gasteiger partial charge in [0, 0.05) is 22.1 Å². The lowest BCUT2D eigenvalue weighted by molar-refractivity contribution is 0.102. The SMILES string of the molecule is O=C(Nc1cc(Br)cnc1Cl)c1cccc(CCl)c1. The number of alkyl halides is 1. The van der Waals surface area contributed by atoms with Crippen LogP contribution in [0, 0.1) is 0 Å². The normalized spacial score (nSPS) is 10.3. The van der Waals surface area contributed by atoms with E-state index in [4.69, 9.17) is 23.2 Å². The number of anilines is 1. The summed E-state index contributed by atoms with van der Waals surface area (Å²) in [5.74, 6) is 0.106. The van der Waals surface area contributed by atoms with Crippen LogP contribution in [0.3, 0.4) is 0 Å². The predicted octanol–water partition coefficient (Wildman–Crippen LogP) is 4.49. The van der Waals surface area contributed by atoms with Crippen molar-refractivity contribution in [3.05, 3.63) is 57.3 Å². The molecule has 19 heavy (non-hydrogen) atoms. The molecule has 1 heterocycles. The number of halogens is 3. The molecule has 0 spiro atoms. The molecule has 0 aliphatic rings. The van der Waals surface area contributed by atoms with E-state index in [-0.39, 0.29) is 11.1 Å². The van der Waals surface area contributed by atoms with E-state index in [1.54, 1.807) is 30.5 Å². The van der Waals surface area contributed by atoms with Crippen LogP contribution >= 0.6 is 39.1 Å². The number of carbonyl (C=O) groups is 1. The first kappa shape index (κ1) is 14.3. The van der Waals surface area contributed by atoms with Crippen LogP contribution in [0.4, 0.5) is 5.69 Å². The van der Waals surface area contributed by atoms with Crippen molar-refractivity contribution >= 4 is 50.7 Å². The fourth-order valence-corrected chi connectivity index (χ4v) is 2.15. The zero-order valence-corrected chi connectivity index (χ0v) is 12.8. The van der Waals surface area contributed by atoms with E-state index in [0.29, 0.717) is 17.1 Å². The Labute approximate surface area is 129 Å². The van der Waals surface area contributed by atoms with Crippen molar-refractivity contribution in [2.75, 3.05) is 5.32 Å². The molecule has 3 nitrogen and oxygen atoms in total. The minimum absolute atomic E-state index is 0.241. The maximum absolute atomic E-state index is 12.1. The summed E-state index contributed by atoms with van der Waals surface area (Å²) in [4.78, 5) is 16.0. The van der Waals surface area contributed by atoms with Gasteiger partial charge in [-0.15, -0.1) is 11.6 Å². The van der Waals surface area contributed by atoms with E-state index in [0.717, 1.165) is 10.0 Å². The van der Waals surface area contributed by atoms with Crippen LogP contribution in [0.2, 0.25) is 5.15 Å². The van der Waals surface area contributed by atoms with Crippen LogP contribution in [-0.2, 0) is 5.88 Å². The lowest BCUT2D eigenvalue weighted by atomic mass is 10.1. The number of amides is 1. The molecule has 1 aromatic carbocycles. The molecule has 0 aliphatic heterocycles. The number of pyridine rings is 1. The Morgan fingerprint density at radius 3 is 2.89 bits per heavy atom. The molecule has 0 atom stereocenters. The summed E-state index contributed by atoms with van der Waals surface area (Å²) in [5, 5.41) is 2.95. The maximum Gasteiger partial charge on any atom is 0.255 e. The highest BCUT2D eigenvalue weighted by Crippen LogP contribution is 2.23. The standard InChI is InChI=1S/C13H9BrCl2N2O/c14-10-5-11(12(16)17-7-10)18-13(19)9-3-1-2-8(4-9)6-15/h1-5,7H,6H2,(H,18,19). The van der Waals surface area contributed by atoms with Crippen molar-refractivity contribution in [3.63, 3.8) is 0 Å². The van der Waals surface area contributed by atoms with Crippen molar-refractivity contribution in [1.29, 1.82) is 0 Å². The van der Waals surface area contributed by atoms with Crippen LogP contribution in [-0.4, -0.2) is 10.9 Å². The van der Waals surface area contributed by atoms with Gasteiger partial charge in [0.15, 0.2) is 5.15 Å². The van der Waals surface area contributed by atoms with Gasteiger partial charge in [-0.1, -0.05) is 23.7 Å². The third kappa shape index (κ3) is 3.69. The van der Waals surface area contributed by atoms with Crippen LogP contribution in [0.25, 0.3) is 0 Å². The first-order chi connectivity index (χ1) is 9.10. The smallest absolute Gasteiger partial charge is 0.255 e. The number of nitrogens with zero attached hydrogens (tertiary/aromatic N) is 1. The molecule has 0 bridgehead atoms. The Morgan fingerprint density at radius 1 is 1.37 bits per heavy atom. The molecule has 6 heteroatoms. The zero-order chi connectivity index (χ0) is 13.8. The molecule has 0 saturated carbocycles. The summed E-state index contributed by atoms with van der Waals surface area (Å²) in [7, 11) is 0. The fraction of sp³-hybridized carbons (Fsp3) is 0.0769. The van der Waals surface area contributed by atoms with Gasteiger partial charge in [-0.25, -0.2) is 4.98 Å².